The Morgan fingerprint density at radius 1 is 1.26 bits per heavy atom. The number of rotatable bonds is 6. The number of nitrogens with zero attached hydrogens (tertiary/aromatic N) is 4. The van der Waals surface area contributed by atoms with Crippen LogP contribution in [0.25, 0.3) is 11.4 Å². The molecule has 0 saturated carbocycles. The van der Waals surface area contributed by atoms with Gasteiger partial charge in [-0.25, -0.2) is 5.10 Å². The quantitative estimate of drug-likeness (QED) is 0.386. The minimum absolute atomic E-state index is 0.188. The molecule has 6 nitrogen and oxygen atoms in total. The van der Waals surface area contributed by atoms with Crippen LogP contribution >= 0.6 is 12.2 Å². The number of allylic oxidation sites excluding steroid dienone is 1. The molecule has 7 heteroatoms. The zero-order valence-electron chi connectivity index (χ0n) is 15.3. The molecule has 0 aliphatic carbocycles. The lowest BCUT2D eigenvalue weighted by molar-refractivity contribution is 0.469. The molecule has 0 unspecified atom stereocenters. The molecule has 1 heterocycles. The van der Waals surface area contributed by atoms with E-state index in [1.165, 1.54) is 0 Å². The van der Waals surface area contributed by atoms with E-state index >= 15 is 0 Å². The van der Waals surface area contributed by atoms with Crippen LogP contribution in [-0.4, -0.2) is 40.3 Å². The van der Waals surface area contributed by atoms with Gasteiger partial charge in [-0.05, 0) is 54.5 Å². The topological polar surface area (TPSA) is 69.4 Å². The fourth-order valence-corrected chi connectivity index (χ4v) is 2.83. The molecule has 3 rings (SSSR count). The van der Waals surface area contributed by atoms with Gasteiger partial charge in [-0.15, -0.1) is 6.58 Å². The van der Waals surface area contributed by atoms with Gasteiger partial charge in [-0.1, -0.05) is 18.2 Å². The molecule has 0 fully saturated rings. The van der Waals surface area contributed by atoms with E-state index in [9.17, 15) is 5.11 Å². The number of hydrogen-bond acceptors (Lipinski definition) is 5. The van der Waals surface area contributed by atoms with Crippen molar-refractivity contribution in [1.82, 2.24) is 14.9 Å². The Balaban J connectivity index is 1.96. The first-order valence-electron chi connectivity index (χ1n) is 8.42. The first-order chi connectivity index (χ1) is 13.0. The molecule has 2 aromatic carbocycles. The molecule has 0 aliphatic heterocycles. The Morgan fingerprint density at radius 3 is 2.67 bits per heavy atom. The molecule has 0 spiro atoms. The number of nitrogens with one attached hydrogen (secondary N) is 1. The lowest BCUT2D eigenvalue weighted by Gasteiger charge is -2.12. The summed E-state index contributed by atoms with van der Waals surface area (Å²) in [6, 6.07) is 13.5. The molecule has 138 valence electrons. The SMILES string of the molecule is C=CCc1cccc(C=Nn2c(-c3ccc(N(C)C)cc3)n[nH]c2=S)c1O. The van der Waals surface area contributed by atoms with Crippen LogP contribution in [0, 0.1) is 4.77 Å². The average Bonchev–Trinajstić information content (AvgIpc) is 3.03. The Kier molecular flexibility index (Phi) is 5.52. The van der Waals surface area contributed by atoms with E-state index in [0.717, 1.165) is 16.8 Å². The van der Waals surface area contributed by atoms with Crippen molar-refractivity contribution >= 4 is 24.1 Å². The molecule has 0 bridgehead atoms. The largest absolute Gasteiger partial charge is 0.507 e. The third-order valence-electron chi connectivity index (χ3n) is 4.12. The molecule has 0 amide bonds. The molecule has 1 aromatic heterocycles. The van der Waals surface area contributed by atoms with Crippen molar-refractivity contribution in [2.45, 2.75) is 6.42 Å². The molecule has 0 radical (unpaired) electrons. The van der Waals surface area contributed by atoms with E-state index in [1.807, 2.05) is 55.4 Å². The molecule has 27 heavy (non-hydrogen) atoms. The van der Waals surface area contributed by atoms with Gasteiger partial charge in [0.25, 0.3) is 0 Å². The number of aromatic hydroxyl groups is 1. The minimum Gasteiger partial charge on any atom is -0.507 e. The second-order valence-corrected chi connectivity index (χ2v) is 6.58. The summed E-state index contributed by atoms with van der Waals surface area (Å²) in [6.07, 6.45) is 3.91. The van der Waals surface area contributed by atoms with Crippen LogP contribution in [0.5, 0.6) is 5.75 Å². The Morgan fingerprint density at radius 2 is 2.00 bits per heavy atom. The van der Waals surface area contributed by atoms with Gasteiger partial charge < -0.3 is 10.0 Å². The number of anilines is 1. The van der Waals surface area contributed by atoms with Crippen molar-refractivity contribution in [3.63, 3.8) is 0 Å². The number of phenols is 1. The number of aromatic nitrogens is 3. The number of H-pyrrole nitrogens is 1. The van der Waals surface area contributed by atoms with Crippen molar-refractivity contribution in [2.24, 2.45) is 5.10 Å². The van der Waals surface area contributed by atoms with Crippen LogP contribution in [0.3, 0.4) is 0 Å². The maximum Gasteiger partial charge on any atom is 0.216 e. The number of aromatic amines is 1. The van der Waals surface area contributed by atoms with E-state index in [2.05, 4.69) is 21.9 Å². The zero-order chi connectivity index (χ0) is 19.4. The molecule has 2 N–H and O–H groups in total. The van der Waals surface area contributed by atoms with Crippen molar-refractivity contribution in [1.29, 1.82) is 0 Å². The highest BCUT2D eigenvalue weighted by atomic mass is 32.1. The van der Waals surface area contributed by atoms with Crippen LogP contribution < -0.4 is 4.90 Å². The summed E-state index contributed by atoms with van der Waals surface area (Å²) >= 11 is 5.30. The van der Waals surface area contributed by atoms with Crippen LogP contribution in [-0.2, 0) is 6.42 Å². The molecular formula is C20H21N5OS. The summed E-state index contributed by atoms with van der Waals surface area (Å²) in [4.78, 5) is 2.03. The van der Waals surface area contributed by atoms with Crippen molar-refractivity contribution in [2.75, 3.05) is 19.0 Å². The minimum atomic E-state index is 0.188. The number of hydrogen-bond donors (Lipinski definition) is 2. The molecule has 0 aliphatic rings. The van der Waals surface area contributed by atoms with E-state index in [0.29, 0.717) is 22.6 Å². The standard InChI is InChI=1S/C20H21N5OS/c1-4-6-14-7-5-8-16(18(14)26)13-21-25-19(22-23-20(25)27)15-9-11-17(12-10-15)24(2)3/h4-5,7-13,26H,1,6H2,2-3H3,(H,23,27). The van der Waals surface area contributed by atoms with Crippen LogP contribution in [0.4, 0.5) is 5.69 Å². The fraction of sp³-hybridized carbons (Fsp3) is 0.150. The average molecular weight is 379 g/mol. The number of para-hydroxylation sites is 1. The number of phenolic OH excluding ortho intramolecular Hbond substituents is 1. The van der Waals surface area contributed by atoms with Gasteiger partial charge in [0.15, 0.2) is 5.82 Å². The van der Waals surface area contributed by atoms with Gasteiger partial charge in [0, 0.05) is 30.9 Å². The van der Waals surface area contributed by atoms with Crippen LogP contribution in [0.15, 0.2) is 60.2 Å². The second kappa shape index (κ2) is 8.01. The van der Waals surface area contributed by atoms with Gasteiger partial charge in [0.05, 0.1) is 6.21 Å². The van der Waals surface area contributed by atoms with Gasteiger partial charge in [0.2, 0.25) is 4.77 Å². The number of benzene rings is 2. The maximum atomic E-state index is 10.4. The Labute approximate surface area is 163 Å². The Bertz CT molecular complexity index is 1030. The predicted octanol–water partition coefficient (Wildman–Crippen LogP) is 3.99. The smallest absolute Gasteiger partial charge is 0.216 e. The maximum absolute atomic E-state index is 10.4. The van der Waals surface area contributed by atoms with Crippen LogP contribution in [0.2, 0.25) is 0 Å². The van der Waals surface area contributed by atoms with E-state index in [-0.39, 0.29) is 5.75 Å². The fourth-order valence-electron chi connectivity index (χ4n) is 2.65. The van der Waals surface area contributed by atoms with Gasteiger partial charge in [0.1, 0.15) is 5.75 Å². The van der Waals surface area contributed by atoms with Crippen molar-refractivity contribution in [3.05, 3.63) is 71.0 Å². The molecule has 3 aromatic rings. The second-order valence-electron chi connectivity index (χ2n) is 6.20. The summed E-state index contributed by atoms with van der Waals surface area (Å²) in [5.74, 6) is 0.788. The van der Waals surface area contributed by atoms with Crippen molar-refractivity contribution < 1.29 is 5.11 Å². The first-order valence-corrected chi connectivity index (χ1v) is 8.83. The lowest BCUT2D eigenvalue weighted by Crippen LogP contribution is -2.08. The third-order valence-corrected chi connectivity index (χ3v) is 4.38. The third kappa shape index (κ3) is 3.98. The molecule has 0 saturated heterocycles. The highest BCUT2D eigenvalue weighted by molar-refractivity contribution is 7.71. The normalized spacial score (nSPS) is 11.0. The highest BCUT2D eigenvalue weighted by Crippen LogP contribution is 2.23. The Hall–Kier alpha value is -3.19. The summed E-state index contributed by atoms with van der Waals surface area (Å²) in [5.41, 5.74) is 3.37. The van der Waals surface area contributed by atoms with Gasteiger partial charge >= 0.3 is 0 Å². The summed E-state index contributed by atoms with van der Waals surface area (Å²) in [5, 5.41) is 21.9. The van der Waals surface area contributed by atoms with Crippen LogP contribution in [0.1, 0.15) is 11.1 Å². The summed E-state index contributed by atoms with van der Waals surface area (Å²) < 4.78 is 1.92. The summed E-state index contributed by atoms with van der Waals surface area (Å²) in [7, 11) is 3.98. The van der Waals surface area contributed by atoms with Crippen molar-refractivity contribution in [3.8, 4) is 17.1 Å². The van der Waals surface area contributed by atoms with E-state index in [1.54, 1.807) is 23.0 Å². The monoisotopic (exact) mass is 379 g/mol. The lowest BCUT2D eigenvalue weighted by atomic mass is 10.1. The van der Waals surface area contributed by atoms with E-state index < -0.39 is 0 Å². The van der Waals surface area contributed by atoms with Gasteiger partial charge in [-0.3, -0.25) is 0 Å². The highest BCUT2D eigenvalue weighted by Gasteiger charge is 2.09. The molecule has 0 atom stereocenters. The predicted molar refractivity (Wildman–Crippen MR) is 112 cm³/mol. The van der Waals surface area contributed by atoms with Gasteiger partial charge in [-0.2, -0.15) is 14.9 Å². The molecular weight excluding hydrogens is 358 g/mol. The van der Waals surface area contributed by atoms with E-state index in [4.69, 9.17) is 12.2 Å². The zero-order valence-corrected chi connectivity index (χ0v) is 16.1. The first kappa shape index (κ1) is 18.6. The summed E-state index contributed by atoms with van der Waals surface area (Å²) in [6.45, 7) is 3.71.